The molecular formula is C21H24F2N2O4. The minimum absolute atomic E-state index is 0.153. The second-order valence-corrected chi connectivity index (χ2v) is 6.82. The topological polar surface area (TPSA) is 73.2 Å². The van der Waals surface area contributed by atoms with Crippen LogP contribution in [0, 0.1) is 11.6 Å². The van der Waals surface area contributed by atoms with E-state index in [1.165, 1.54) is 12.3 Å². The first kappa shape index (κ1) is 21.3. The molecule has 8 heteroatoms. The van der Waals surface area contributed by atoms with Crippen molar-refractivity contribution in [1.29, 1.82) is 0 Å². The van der Waals surface area contributed by atoms with E-state index < -0.39 is 11.6 Å². The number of halogens is 2. The van der Waals surface area contributed by atoms with E-state index in [2.05, 4.69) is 10.1 Å². The molecule has 29 heavy (non-hydrogen) atoms. The van der Waals surface area contributed by atoms with Gasteiger partial charge in [-0.15, -0.1) is 0 Å². The summed E-state index contributed by atoms with van der Waals surface area (Å²) in [5.74, 6) is -1.94. The molecule has 0 aliphatic carbocycles. The molecule has 2 aromatic rings. The molecule has 0 saturated carbocycles. The number of hydrogen-bond donors (Lipinski definition) is 1. The summed E-state index contributed by atoms with van der Waals surface area (Å²) in [5, 5.41) is 13.3. The molecule has 1 aromatic carbocycles. The van der Waals surface area contributed by atoms with Gasteiger partial charge in [0.05, 0.1) is 18.4 Å². The van der Waals surface area contributed by atoms with Crippen molar-refractivity contribution in [3.63, 3.8) is 0 Å². The van der Waals surface area contributed by atoms with E-state index in [9.17, 15) is 13.9 Å². The Morgan fingerprint density at radius 2 is 2.14 bits per heavy atom. The van der Waals surface area contributed by atoms with E-state index in [-0.39, 0.29) is 31.3 Å². The van der Waals surface area contributed by atoms with Crippen LogP contribution in [0.4, 0.5) is 8.78 Å². The van der Waals surface area contributed by atoms with Crippen LogP contribution in [-0.4, -0.2) is 41.4 Å². The van der Waals surface area contributed by atoms with Gasteiger partial charge in [-0.25, -0.2) is 8.78 Å². The molecule has 0 amide bonds. The third-order valence-corrected chi connectivity index (χ3v) is 4.43. The summed E-state index contributed by atoms with van der Waals surface area (Å²) in [6, 6.07) is 6.76. The number of pyridine rings is 1. The molecule has 1 saturated heterocycles. The van der Waals surface area contributed by atoms with Crippen molar-refractivity contribution in [3.8, 4) is 0 Å². The molecule has 3 rings (SSSR count). The number of hydrogen-bond acceptors (Lipinski definition) is 6. The number of ether oxygens (including phenoxy) is 2. The van der Waals surface area contributed by atoms with Crippen molar-refractivity contribution in [2.45, 2.75) is 45.2 Å². The Hall–Kier alpha value is -2.42. The molecule has 1 fully saturated rings. The number of benzene rings is 1. The predicted molar refractivity (Wildman–Crippen MR) is 102 cm³/mol. The van der Waals surface area contributed by atoms with Gasteiger partial charge in [0.25, 0.3) is 0 Å². The van der Waals surface area contributed by atoms with Crippen molar-refractivity contribution in [1.82, 2.24) is 4.98 Å². The minimum Gasteiger partial charge on any atom is -0.392 e. The Labute approximate surface area is 168 Å². The van der Waals surface area contributed by atoms with E-state index in [0.717, 1.165) is 31.4 Å². The van der Waals surface area contributed by atoms with Crippen LogP contribution in [0.15, 0.2) is 41.7 Å². The number of rotatable bonds is 8. The van der Waals surface area contributed by atoms with Gasteiger partial charge in [-0.2, -0.15) is 0 Å². The summed E-state index contributed by atoms with van der Waals surface area (Å²) in [6.07, 6.45) is 3.91. The smallest absolute Gasteiger partial charge is 0.159 e. The highest BCUT2D eigenvalue weighted by atomic mass is 19.2. The Balaban J connectivity index is 1.73. The van der Waals surface area contributed by atoms with E-state index in [0.29, 0.717) is 23.4 Å². The summed E-state index contributed by atoms with van der Waals surface area (Å²) in [5.41, 5.74) is 1.58. The Kier molecular flexibility index (Phi) is 7.62. The zero-order valence-electron chi connectivity index (χ0n) is 16.2. The number of aliphatic hydroxyl groups excluding tert-OH is 1. The lowest BCUT2D eigenvalue weighted by Crippen LogP contribution is -2.28. The average molecular weight is 406 g/mol. The van der Waals surface area contributed by atoms with Crippen LogP contribution >= 0.6 is 0 Å². The van der Waals surface area contributed by atoms with Gasteiger partial charge in [-0.1, -0.05) is 11.2 Å². The summed E-state index contributed by atoms with van der Waals surface area (Å²) < 4.78 is 38.4. The lowest BCUT2D eigenvalue weighted by atomic mass is 10.1. The molecule has 2 heterocycles. The summed E-state index contributed by atoms with van der Waals surface area (Å²) in [6.45, 7) is 2.53. The number of aromatic nitrogens is 1. The van der Waals surface area contributed by atoms with Crippen molar-refractivity contribution < 1.29 is 28.2 Å². The fraction of sp³-hybridized carbons (Fsp3) is 0.429. The van der Waals surface area contributed by atoms with Gasteiger partial charge in [0.2, 0.25) is 0 Å². The SMILES string of the molecule is C[C@@H](CON=C(c1ccc(F)c(F)c1)c1ccc(CO)cn1)OC1CCCCO1. The molecular weight excluding hydrogens is 382 g/mol. The number of aliphatic hydroxyl groups is 1. The van der Waals surface area contributed by atoms with Crippen molar-refractivity contribution in [2.24, 2.45) is 5.16 Å². The van der Waals surface area contributed by atoms with Crippen LogP contribution < -0.4 is 0 Å². The third-order valence-electron chi connectivity index (χ3n) is 4.43. The third kappa shape index (κ3) is 6.03. The highest BCUT2D eigenvalue weighted by molar-refractivity contribution is 6.11. The van der Waals surface area contributed by atoms with Crippen LogP contribution in [0.25, 0.3) is 0 Å². The maximum atomic E-state index is 13.7. The highest BCUT2D eigenvalue weighted by Crippen LogP contribution is 2.17. The van der Waals surface area contributed by atoms with Gasteiger partial charge >= 0.3 is 0 Å². The van der Waals surface area contributed by atoms with Gasteiger partial charge in [0, 0.05) is 18.4 Å². The van der Waals surface area contributed by atoms with Crippen molar-refractivity contribution >= 4 is 5.71 Å². The zero-order valence-corrected chi connectivity index (χ0v) is 16.2. The number of nitrogens with zero attached hydrogens (tertiary/aromatic N) is 2. The largest absolute Gasteiger partial charge is 0.392 e. The van der Waals surface area contributed by atoms with E-state index >= 15 is 0 Å². The molecule has 2 atom stereocenters. The first-order valence-corrected chi connectivity index (χ1v) is 9.55. The summed E-state index contributed by atoms with van der Waals surface area (Å²) in [7, 11) is 0. The molecule has 0 spiro atoms. The Morgan fingerprint density at radius 3 is 2.79 bits per heavy atom. The molecule has 0 bridgehead atoms. The van der Waals surface area contributed by atoms with Crippen LogP contribution in [0.1, 0.15) is 43.0 Å². The zero-order chi connectivity index (χ0) is 20.6. The minimum atomic E-state index is -0.992. The Morgan fingerprint density at radius 1 is 1.28 bits per heavy atom. The molecule has 1 aliphatic heterocycles. The van der Waals surface area contributed by atoms with Crippen LogP contribution in [0.3, 0.4) is 0 Å². The molecule has 1 aromatic heterocycles. The summed E-state index contributed by atoms with van der Waals surface area (Å²) in [4.78, 5) is 9.67. The lowest BCUT2D eigenvalue weighted by molar-refractivity contribution is -0.193. The Bertz CT molecular complexity index is 824. The monoisotopic (exact) mass is 406 g/mol. The van der Waals surface area contributed by atoms with Gasteiger partial charge < -0.3 is 19.4 Å². The van der Waals surface area contributed by atoms with Gasteiger partial charge in [-0.05, 0) is 56.0 Å². The number of oxime groups is 1. The second kappa shape index (κ2) is 10.4. The maximum absolute atomic E-state index is 13.7. The van der Waals surface area contributed by atoms with Gasteiger partial charge in [-0.3, -0.25) is 4.98 Å². The normalized spacial score (nSPS) is 18.5. The second-order valence-electron chi connectivity index (χ2n) is 6.82. The summed E-state index contributed by atoms with van der Waals surface area (Å²) >= 11 is 0. The van der Waals surface area contributed by atoms with Crippen LogP contribution in [0.5, 0.6) is 0 Å². The van der Waals surface area contributed by atoms with E-state index in [1.807, 2.05) is 6.92 Å². The van der Waals surface area contributed by atoms with E-state index in [1.54, 1.807) is 12.1 Å². The molecule has 1 N–H and O–H groups in total. The van der Waals surface area contributed by atoms with Crippen molar-refractivity contribution in [2.75, 3.05) is 13.2 Å². The molecule has 1 aliphatic rings. The van der Waals surface area contributed by atoms with Gasteiger partial charge in [0.15, 0.2) is 17.9 Å². The fourth-order valence-electron chi connectivity index (χ4n) is 2.87. The molecule has 0 radical (unpaired) electrons. The highest BCUT2D eigenvalue weighted by Gasteiger charge is 2.18. The quantitative estimate of drug-likeness (QED) is 0.536. The lowest BCUT2D eigenvalue weighted by Gasteiger charge is -2.25. The molecule has 1 unspecified atom stereocenters. The van der Waals surface area contributed by atoms with Gasteiger partial charge in [0.1, 0.15) is 12.3 Å². The van der Waals surface area contributed by atoms with Crippen LogP contribution in [0.2, 0.25) is 0 Å². The molecule has 6 nitrogen and oxygen atoms in total. The maximum Gasteiger partial charge on any atom is 0.159 e. The first-order chi connectivity index (χ1) is 14.1. The van der Waals surface area contributed by atoms with E-state index in [4.69, 9.17) is 14.3 Å². The molecule has 156 valence electrons. The predicted octanol–water partition coefficient (Wildman–Crippen LogP) is 3.55. The first-order valence-electron chi connectivity index (χ1n) is 9.55. The standard InChI is InChI=1S/C21H24F2N2O4/c1-14(29-20-4-2-3-9-27-20)13-28-25-21(16-6-7-17(22)18(23)10-16)19-8-5-15(12-26)11-24-19/h5-8,10-11,14,20,26H,2-4,9,12-13H2,1H3/t14-,20?/m0/s1. The van der Waals surface area contributed by atoms with Crippen LogP contribution in [-0.2, 0) is 20.9 Å². The average Bonchev–Trinajstić information content (AvgIpc) is 2.74. The fourth-order valence-corrected chi connectivity index (χ4v) is 2.87. The van der Waals surface area contributed by atoms with Crippen molar-refractivity contribution in [3.05, 3.63) is 65.0 Å².